The first-order valence-corrected chi connectivity index (χ1v) is 11.3. The summed E-state index contributed by atoms with van der Waals surface area (Å²) >= 11 is 0. The van der Waals surface area contributed by atoms with Crippen LogP contribution in [0.5, 0.6) is 11.5 Å². The molecule has 1 N–H and O–H groups in total. The third kappa shape index (κ3) is 8.17. The number of carbonyl (C=O) groups excluding carboxylic acids is 2. The Bertz CT molecular complexity index is 1000. The van der Waals surface area contributed by atoms with Gasteiger partial charge in [0.15, 0.2) is 18.1 Å². The molecule has 190 valence electrons. The van der Waals surface area contributed by atoms with E-state index in [2.05, 4.69) is 10.2 Å². The van der Waals surface area contributed by atoms with E-state index >= 15 is 0 Å². The largest absolute Gasteiger partial charge is 0.493 e. The minimum Gasteiger partial charge on any atom is -0.493 e. The second kappa shape index (κ2) is 11.9. The van der Waals surface area contributed by atoms with Gasteiger partial charge in [-0.05, 0) is 48.9 Å². The van der Waals surface area contributed by atoms with Crippen LogP contribution in [-0.4, -0.2) is 74.7 Å². The maximum absolute atomic E-state index is 12.6. The van der Waals surface area contributed by atoms with Crippen molar-refractivity contribution in [2.75, 3.05) is 46.9 Å². The number of hydrogen-bond donors (Lipinski definition) is 1. The number of carbonyl (C=O) groups is 2. The van der Waals surface area contributed by atoms with E-state index in [4.69, 9.17) is 9.47 Å². The Morgan fingerprint density at radius 2 is 1.63 bits per heavy atom. The van der Waals surface area contributed by atoms with Gasteiger partial charge in [0.25, 0.3) is 5.91 Å². The number of likely N-dealkylation sites (N-methyl/N-ethyl adjacent to an activating group) is 1. The summed E-state index contributed by atoms with van der Waals surface area (Å²) in [6, 6.07) is 11.8. The van der Waals surface area contributed by atoms with Crippen LogP contribution in [0.4, 0.5) is 13.2 Å². The Kier molecular flexibility index (Phi) is 8.97. The highest BCUT2D eigenvalue weighted by molar-refractivity contribution is 5.94. The standard InChI is InChI=1S/C25H30F3N3O4/c1-30-11-13-31(14-12-30)24(33)20-7-3-19(4-8-20)16-29-23(32)10-6-18-5-9-21(22(15-18)34-2)35-17-25(26,27)28/h3-5,7-9,15H,6,10-14,16-17H2,1-2H3,(H,29,32). The van der Waals surface area contributed by atoms with E-state index in [9.17, 15) is 22.8 Å². The summed E-state index contributed by atoms with van der Waals surface area (Å²) in [7, 11) is 3.38. The zero-order valence-electron chi connectivity index (χ0n) is 19.9. The summed E-state index contributed by atoms with van der Waals surface area (Å²) < 4.78 is 47.0. The van der Waals surface area contributed by atoms with E-state index in [1.54, 1.807) is 24.3 Å². The van der Waals surface area contributed by atoms with Gasteiger partial charge >= 0.3 is 6.18 Å². The molecule has 3 rings (SSSR count). The van der Waals surface area contributed by atoms with Crippen molar-refractivity contribution in [3.8, 4) is 11.5 Å². The van der Waals surface area contributed by atoms with Gasteiger partial charge in [-0.2, -0.15) is 13.2 Å². The van der Waals surface area contributed by atoms with Crippen molar-refractivity contribution >= 4 is 11.8 Å². The first-order chi connectivity index (χ1) is 16.6. The molecule has 0 atom stereocenters. The minimum atomic E-state index is -4.44. The van der Waals surface area contributed by atoms with Crippen LogP contribution in [0.25, 0.3) is 0 Å². The Labute approximate surface area is 202 Å². The number of alkyl halides is 3. The quantitative estimate of drug-likeness (QED) is 0.581. The molecular weight excluding hydrogens is 463 g/mol. The van der Waals surface area contributed by atoms with Gasteiger partial charge in [0.1, 0.15) is 0 Å². The van der Waals surface area contributed by atoms with E-state index in [0.29, 0.717) is 31.6 Å². The zero-order chi connectivity index (χ0) is 25.4. The molecule has 1 aliphatic rings. The number of ether oxygens (including phenoxy) is 2. The molecule has 10 heteroatoms. The molecule has 2 amide bonds. The van der Waals surface area contributed by atoms with E-state index in [-0.39, 0.29) is 29.7 Å². The third-order valence-corrected chi connectivity index (χ3v) is 5.74. The number of methoxy groups -OCH3 is 1. The van der Waals surface area contributed by atoms with Gasteiger partial charge in [0.2, 0.25) is 5.91 Å². The monoisotopic (exact) mass is 493 g/mol. The highest BCUT2D eigenvalue weighted by Gasteiger charge is 2.29. The molecule has 0 bridgehead atoms. The number of aryl methyl sites for hydroxylation is 1. The lowest BCUT2D eigenvalue weighted by Gasteiger charge is -2.32. The predicted octanol–water partition coefficient (Wildman–Crippen LogP) is 3.27. The summed E-state index contributed by atoms with van der Waals surface area (Å²) in [5.74, 6) is 0.0174. The van der Waals surface area contributed by atoms with Gasteiger partial charge in [-0.15, -0.1) is 0 Å². The number of hydrogen-bond acceptors (Lipinski definition) is 5. The van der Waals surface area contributed by atoms with Gasteiger partial charge < -0.3 is 24.6 Å². The normalized spacial score (nSPS) is 14.5. The molecule has 0 unspecified atom stereocenters. The lowest BCUT2D eigenvalue weighted by Crippen LogP contribution is -2.47. The molecule has 7 nitrogen and oxygen atoms in total. The molecule has 2 aromatic rings. The van der Waals surface area contributed by atoms with Crippen molar-refractivity contribution < 1.29 is 32.2 Å². The fourth-order valence-corrected chi connectivity index (χ4v) is 3.65. The number of halogens is 3. The fourth-order valence-electron chi connectivity index (χ4n) is 3.65. The summed E-state index contributed by atoms with van der Waals surface area (Å²) in [6.07, 6.45) is -3.85. The van der Waals surface area contributed by atoms with E-state index < -0.39 is 12.8 Å². The molecule has 1 aliphatic heterocycles. The molecule has 1 fully saturated rings. The first-order valence-electron chi connectivity index (χ1n) is 11.3. The highest BCUT2D eigenvalue weighted by atomic mass is 19.4. The fraction of sp³-hybridized carbons (Fsp3) is 0.440. The van der Waals surface area contributed by atoms with Crippen molar-refractivity contribution in [1.82, 2.24) is 15.1 Å². The Hall–Kier alpha value is -3.27. The first kappa shape index (κ1) is 26.3. The van der Waals surface area contributed by atoms with Gasteiger partial charge in [-0.25, -0.2) is 0 Å². The average molecular weight is 494 g/mol. The van der Waals surface area contributed by atoms with Crippen LogP contribution >= 0.6 is 0 Å². The molecule has 1 heterocycles. The Morgan fingerprint density at radius 1 is 0.971 bits per heavy atom. The highest BCUT2D eigenvalue weighted by Crippen LogP contribution is 2.30. The number of rotatable bonds is 9. The van der Waals surface area contributed by atoms with Crippen molar-refractivity contribution in [1.29, 1.82) is 0 Å². The van der Waals surface area contributed by atoms with Crippen molar-refractivity contribution in [3.05, 3.63) is 59.2 Å². The van der Waals surface area contributed by atoms with Crippen molar-refractivity contribution in [3.63, 3.8) is 0 Å². The van der Waals surface area contributed by atoms with Gasteiger partial charge in [0, 0.05) is 44.7 Å². The number of piperazine rings is 1. The number of nitrogens with one attached hydrogen (secondary N) is 1. The summed E-state index contributed by atoms with van der Waals surface area (Å²) in [5, 5.41) is 2.84. The molecule has 0 saturated carbocycles. The molecule has 1 saturated heterocycles. The maximum atomic E-state index is 12.6. The molecule has 0 aliphatic carbocycles. The Morgan fingerprint density at radius 3 is 2.26 bits per heavy atom. The van der Waals surface area contributed by atoms with Crippen LogP contribution < -0.4 is 14.8 Å². The number of amides is 2. The summed E-state index contributed by atoms with van der Waals surface area (Å²) in [5.41, 5.74) is 2.24. The predicted molar refractivity (Wildman–Crippen MR) is 125 cm³/mol. The van der Waals surface area contributed by atoms with Crippen molar-refractivity contribution in [2.24, 2.45) is 0 Å². The van der Waals surface area contributed by atoms with Crippen LogP contribution in [0.1, 0.15) is 27.9 Å². The van der Waals surface area contributed by atoms with E-state index in [0.717, 1.165) is 24.2 Å². The zero-order valence-corrected chi connectivity index (χ0v) is 19.9. The summed E-state index contributed by atoms with van der Waals surface area (Å²) in [4.78, 5) is 28.9. The second-order valence-corrected chi connectivity index (χ2v) is 8.46. The van der Waals surface area contributed by atoms with E-state index in [1.807, 2.05) is 24.1 Å². The van der Waals surface area contributed by atoms with Crippen LogP contribution in [-0.2, 0) is 17.8 Å². The van der Waals surface area contributed by atoms with Crippen LogP contribution in [0.2, 0.25) is 0 Å². The lowest BCUT2D eigenvalue weighted by atomic mass is 10.1. The van der Waals surface area contributed by atoms with Crippen LogP contribution in [0.3, 0.4) is 0 Å². The van der Waals surface area contributed by atoms with Crippen LogP contribution in [0.15, 0.2) is 42.5 Å². The maximum Gasteiger partial charge on any atom is 0.422 e. The minimum absolute atomic E-state index is 0.00687. The van der Waals surface area contributed by atoms with Crippen LogP contribution in [0, 0.1) is 0 Å². The second-order valence-electron chi connectivity index (χ2n) is 8.46. The van der Waals surface area contributed by atoms with Gasteiger partial charge in [-0.3, -0.25) is 9.59 Å². The van der Waals surface area contributed by atoms with E-state index in [1.165, 1.54) is 13.2 Å². The molecule has 0 spiro atoms. The lowest BCUT2D eigenvalue weighted by molar-refractivity contribution is -0.153. The third-order valence-electron chi connectivity index (χ3n) is 5.74. The summed E-state index contributed by atoms with van der Waals surface area (Å²) in [6.45, 7) is 2.06. The van der Waals surface area contributed by atoms with Gasteiger partial charge in [0.05, 0.1) is 7.11 Å². The molecule has 35 heavy (non-hydrogen) atoms. The molecular formula is C25H30F3N3O4. The number of benzene rings is 2. The van der Waals surface area contributed by atoms with Gasteiger partial charge in [-0.1, -0.05) is 18.2 Å². The average Bonchev–Trinajstić information content (AvgIpc) is 2.85. The topological polar surface area (TPSA) is 71.1 Å². The molecule has 0 aromatic heterocycles. The molecule has 2 aromatic carbocycles. The molecule has 0 radical (unpaired) electrons. The number of nitrogens with zero attached hydrogens (tertiary/aromatic N) is 2. The van der Waals surface area contributed by atoms with Crippen molar-refractivity contribution in [2.45, 2.75) is 25.6 Å². The Balaban J connectivity index is 1.45. The smallest absolute Gasteiger partial charge is 0.422 e. The SMILES string of the molecule is COc1cc(CCC(=O)NCc2ccc(C(=O)N3CCN(C)CC3)cc2)ccc1OCC(F)(F)F.